The van der Waals surface area contributed by atoms with Crippen molar-refractivity contribution in [3.8, 4) is 0 Å². The molecule has 20 heavy (non-hydrogen) atoms. The van der Waals surface area contributed by atoms with Gasteiger partial charge < -0.3 is 4.90 Å². The summed E-state index contributed by atoms with van der Waals surface area (Å²) >= 11 is 0. The summed E-state index contributed by atoms with van der Waals surface area (Å²) in [5.41, 5.74) is 3.12. The van der Waals surface area contributed by atoms with Gasteiger partial charge in [0, 0.05) is 24.6 Å². The molecule has 0 bridgehead atoms. The van der Waals surface area contributed by atoms with Crippen molar-refractivity contribution in [1.29, 1.82) is 0 Å². The number of carbonyl (C=O) groups is 2. The van der Waals surface area contributed by atoms with Crippen LogP contribution in [0.25, 0.3) is 0 Å². The Balaban J connectivity index is 2.10. The molecule has 0 aromatic heterocycles. The van der Waals surface area contributed by atoms with Gasteiger partial charge in [0.05, 0.1) is 5.69 Å². The molecule has 0 fully saturated rings. The van der Waals surface area contributed by atoms with Crippen molar-refractivity contribution in [2.45, 2.75) is 13.3 Å². The molecule has 2 aromatic rings. The molecule has 3 nitrogen and oxygen atoms in total. The molecule has 0 aliphatic carbocycles. The normalized spacial score (nSPS) is 13.2. The van der Waals surface area contributed by atoms with E-state index in [4.69, 9.17) is 0 Å². The Hall–Kier alpha value is -2.42. The van der Waals surface area contributed by atoms with Crippen molar-refractivity contribution in [1.82, 2.24) is 0 Å². The van der Waals surface area contributed by atoms with Gasteiger partial charge in [-0.1, -0.05) is 42.5 Å². The molecule has 2 aromatic carbocycles. The minimum Gasteiger partial charge on any atom is -0.311 e. The van der Waals surface area contributed by atoms with E-state index in [1.54, 1.807) is 30.0 Å². The third-order valence-corrected chi connectivity index (χ3v) is 3.65. The maximum atomic E-state index is 12.6. The highest BCUT2D eigenvalue weighted by atomic mass is 16.2. The summed E-state index contributed by atoms with van der Waals surface area (Å²) < 4.78 is 0. The Morgan fingerprint density at radius 2 is 1.75 bits per heavy atom. The van der Waals surface area contributed by atoms with Crippen molar-refractivity contribution < 1.29 is 9.59 Å². The summed E-state index contributed by atoms with van der Waals surface area (Å²) in [6, 6.07) is 14.9. The van der Waals surface area contributed by atoms with E-state index in [9.17, 15) is 9.59 Å². The molecule has 1 heterocycles. The molecule has 1 amide bonds. The first-order valence-corrected chi connectivity index (χ1v) is 6.68. The average Bonchev–Trinajstić information content (AvgIpc) is 2.91. The molecule has 0 unspecified atom stereocenters. The van der Waals surface area contributed by atoms with E-state index in [1.165, 1.54) is 0 Å². The van der Waals surface area contributed by atoms with Crippen LogP contribution in [0.5, 0.6) is 0 Å². The summed E-state index contributed by atoms with van der Waals surface area (Å²) in [6.45, 7) is 2.20. The highest BCUT2D eigenvalue weighted by Crippen LogP contribution is 2.33. The zero-order valence-electron chi connectivity index (χ0n) is 11.3. The average molecular weight is 265 g/mol. The second-order valence-electron chi connectivity index (χ2n) is 4.93. The van der Waals surface area contributed by atoms with Crippen LogP contribution in [0.2, 0.25) is 0 Å². The molecule has 0 atom stereocenters. The number of ketones is 1. The van der Waals surface area contributed by atoms with Crippen molar-refractivity contribution in [3.63, 3.8) is 0 Å². The molecule has 0 saturated heterocycles. The molecule has 0 spiro atoms. The molecule has 1 aliphatic heterocycles. The van der Waals surface area contributed by atoms with Crippen molar-refractivity contribution in [2.24, 2.45) is 0 Å². The van der Waals surface area contributed by atoms with Crippen molar-refractivity contribution >= 4 is 17.4 Å². The number of para-hydroxylation sites is 1. The van der Waals surface area contributed by atoms with Crippen molar-refractivity contribution in [2.75, 3.05) is 11.4 Å². The predicted octanol–water partition coefficient (Wildman–Crippen LogP) is 2.83. The number of hydrogen-bond acceptors (Lipinski definition) is 2. The first-order valence-electron chi connectivity index (χ1n) is 6.68. The summed E-state index contributed by atoms with van der Waals surface area (Å²) in [7, 11) is 0. The molecular formula is C17H15NO2. The lowest BCUT2D eigenvalue weighted by atomic mass is 9.99. The molecule has 0 radical (unpaired) electrons. The number of hydrogen-bond donors (Lipinski definition) is 0. The van der Waals surface area contributed by atoms with Gasteiger partial charge in [-0.05, 0) is 18.1 Å². The SMILES string of the molecule is CC(=O)N1CCc2cccc(C(=O)c3ccccc3)c21. The smallest absolute Gasteiger partial charge is 0.223 e. The van der Waals surface area contributed by atoms with Crippen LogP contribution in [0.3, 0.4) is 0 Å². The van der Waals surface area contributed by atoms with E-state index in [2.05, 4.69) is 0 Å². The number of fused-ring (bicyclic) bond motifs is 1. The zero-order valence-corrected chi connectivity index (χ0v) is 11.3. The Kier molecular flexibility index (Phi) is 3.11. The maximum Gasteiger partial charge on any atom is 0.223 e. The number of carbonyl (C=O) groups excluding carboxylic acids is 2. The first-order chi connectivity index (χ1) is 9.68. The summed E-state index contributed by atoms with van der Waals surface area (Å²) in [5, 5.41) is 0. The van der Waals surface area contributed by atoms with Gasteiger partial charge in [-0.25, -0.2) is 0 Å². The fourth-order valence-corrected chi connectivity index (χ4v) is 2.70. The van der Waals surface area contributed by atoms with Gasteiger partial charge in [0.2, 0.25) is 5.91 Å². The first kappa shape index (κ1) is 12.6. The number of rotatable bonds is 2. The largest absolute Gasteiger partial charge is 0.311 e. The lowest BCUT2D eigenvalue weighted by Crippen LogP contribution is -2.27. The van der Waals surface area contributed by atoms with Gasteiger partial charge in [0.1, 0.15) is 0 Å². The van der Waals surface area contributed by atoms with Crippen molar-refractivity contribution in [3.05, 3.63) is 65.2 Å². The lowest BCUT2D eigenvalue weighted by Gasteiger charge is -2.18. The molecule has 3 heteroatoms. The van der Waals surface area contributed by atoms with Crippen LogP contribution in [0.4, 0.5) is 5.69 Å². The van der Waals surface area contributed by atoms with Gasteiger partial charge in [0.15, 0.2) is 5.78 Å². The molecule has 0 N–H and O–H groups in total. The zero-order chi connectivity index (χ0) is 14.1. The number of nitrogens with zero attached hydrogens (tertiary/aromatic N) is 1. The highest BCUT2D eigenvalue weighted by Gasteiger charge is 2.27. The number of amides is 1. The van der Waals surface area contributed by atoms with Crippen LogP contribution in [-0.4, -0.2) is 18.2 Å². The molecule has 3 rings (SSSR count). The Bertz CT molecular complexity index is 677. The Labute approximate surface area is 117 Å². The van der Waals surface area contributed by atoms with Crippen LogP contribution in [0.15, 0.2) is 48.5 Å². The van der Waals surface area contributed by atoms with E-state index in [1.807, 2.05) is 30.3 Å². The van der Waals surface area contributed by atoms with E-state index in [0.29, 0.717) is 17.7 Å². The fraction of sp³-hybridized carbons (Fsp3) is 0.176. The highest BCUT2D eigenvalue weighted by molar-refractivity contribution is 6.15. The van der Waals surface area contributed by atoms with Gasteiger partial charge in [0.25, 0.3) is 0 Å². The molecular weight excluding hydrogens is 250 g/mol. The van der Waals surface area contributed by atoms with Crippen LogP contribution in [0.1, 0.15) is 28.4 Å². The minimum atomic E-state index is -0.0319. The topological polar surface area (TPSA) is 37.4 Å². The second-order valence-corrected chi connectivity index (χ2v) is 4.93. The van der Waals surface area contributed by atoms with Crippen LogP contribution >= 0.6 is 0 Å². The van der Waals surface area contributed by atoms with E-state index < -0.39 is 0 Å². The van der Waals surface area contributed by atoms with Crippen LogP contribution in [0, 0.1) is 0 Å². The minimum absolute atomic E-state index is 0.0166. The van der Waals surface area contributed by atoms with Gasteiger partial charge in [-0.3, -0.25) is 9.59 Å². The van der Waals surface area contributed by atoms with Gasteiger partial charge in [-0.15, -0.1) is 0 Å². The Morgan fingerprint density at radius 1 is 1.00 bits per heavy atom. The van der Waals surface area contributed by atoms with E-state index in [-0.39, 0.29) is 11.7 Å². The quantitative estimate of drug-likeness (QED) is 0.783. The standard InChI is InChI=1S/C17H15NO2/c1-12(19)18-11-10-13-8-5-9-15(16(13)18)17(20)14-6-3-2-4-7-14/h2-9H,10-11H2,1H3. The third kappa shape index (κ3) is 2.01. The summed E-state index contributed by atoms with van der Waals surface area (Å²) in [6.07, 6.45) is 0.810. The maximum absolute atomic E-state index is 12.6. The van der Waals surface area contributed by atoms with E-state index >= 15 is 0 Å². The third-order valence-electron chi connectivity index (χ3n) is 3.65. The van der Waals surface area contributed by atoms with Gasteiger partial charge in [-0.2, -0.15) is 0 Å². The fourth-order valence-electron chi connectivity index (χ4n) is 2.70. The Morgan fingerprint density at radius 3 is 2.45 bits per heavy atom. The summed E-state index contributed by atoms with van der Waals surface area (Å²) in [4.78, 5) is 26.1. The van der Waals surface area contributed by atoms with Gasteiger partial charge >= 0.3 is 0 Å². The molecule has 100 valence electrons. The lowest BCUT2D eigenvalue weighted by molar-refractivity contribution is -0.116. The molecule has 0 saturated carbocycles. The monoisotopic (exact) mass is 265 g/mol. The predicted molar refractivity (Wildman–Crippen MR) is 78.0 cm³/mol. The molecule has 1 aliphatic rings. The van der Waals surface area contributed by atoms with Crippen LogP contribution < -0.4 is 4.90 Å². The van der Waals surface area contributed by atoms with Crippen LogP contribution in [-0.2, 0) is 11.2 Å². The number of anilines is 1. The summed E-state index contributed by atoms with van der Waals surface area (Å²) in [5.74, 6) is -0.0485. The van der Waals surface area contributed by atoms with E-state index in [0.717, 1.165) is 17.7 Å². The second kappa shape index (κ2) is 4.93. The number of benzene rings is 2.